The molecule has 0 fully saturated rings. The van der Waals surface area contributed by atoms with Gasteiger partial charge in [0.05, 0.1) is 21.4 Å². The van der Waals surface area contributed by atoms with Crippen LogP contribution in [-0.4, -0.2) is 30.8 Å². The molecule has 0 spiro atoms. The van der Waals surface area contributed by atoms with Crippen LogP contribution in [0.15, 0.2) is 58.6 Å². The maximum Gasteiger partial charge on any atom is 0.341 e. The Kier molecular flexibility index (Phi) is 5.67. The molecule has 0 unspecified atom stereocenters. The van der Waals surface area contributed by atoms with Crippen molar-refractivity contribution >= 4 is 33.2 Å². The van der Waals surface area contributed by atoms with Gasteiger partial charge in [-0.25, -0.2) is 13.4 Å². The Morgan fingerprint density at radius 1 is 1.17 bits per heavy atom. The van der Waals surface area contributed by atoms with Crippen molar-refractivity contribution in [2.24, 2.45) is 0 Å². The molecule has 2 rings (SSSR count). The van der Waals surface area contributed by atoms with E-state index in [9.17, 15) is 22.0 Å². The highest BCUT2D eigenvalue weighted by molar-refractivity contribution is 7.99. The van der Waals surface area contributed by atoms with Crippen molar-refractivity contribution in [2.45, 2.75) is 15.7 Å². The van der Waals surface area contributed by atoms with Gasteiger partial charge < -0.3 is 5.32 Å². The third-order valence-electron chi connectivity index (χ3n) is 2.69. The molecule has 0 bridgehead atoms. The van der Waals surface area contributed by atoms with Crippen LogP contribution >= 0.6 is 11.8 Å². The first-order valence-electron chi connectivity index (χ1n) is 6.36. The number of aromatic nitrogens is 1. The number of alkyl halides is 2. The first-order valence-corrected chi connectivity index (χ1v) is 8.89. The molecule has 0 saturated carbocycles. The molecule has 9 heteroatoms. The van der Waals surface area contributed by atoms with Gasteiger partial charge in [-0.2, -0.15) is 8.78 Å². The van der Waals surface area contributed by atoms with E-state index in [1.807, 2.05) is 0 Å². The van der Waals surface area contributed by atoms with E-state index in [0.717, 1.165) is 17.8 Å². The summed E-state index contributed by atoms with van der Waals surface area (Å²) in [4.78, 5) is 15.3. The summed E-state index contributed by atoms with van der Waals surface area (Å²) in [6.45, 7) is 0. The standard InChI is InChI=1S/C14H12F2N2O3S2/c15-14(16)23(20,21)11-6-2-1-5-10(11)18-12(19)9-22-13-7-3-4-8-17-13/h1-8,14H,9H2,(H,18,19). The van der Waals surface area contributed by atoms with Crippen molar-refractivity contribution in [1.82, 2.24) is 4.98 Å². The minimum atomic E-state index is -4.79. The molecular formula is C14H12F2N2O3S2. The van der Waals surface area contributed by atoms with E-state index in [4.69, 9.17) is 0 Å². The fourth-order valence-corrected chi connectivity index (χ4v) is 3.22. The van der Waals surface area contributed by atoms with Crippen molar-refractivity contribution in [1.29, 1.82) is 0 Å². The summed E-state index contributed by atoms with van der Waals surface area (Å²) in [5.74, 6) is -4.10. The third-order valence-corrected chi connectivity index (χ3v) is 5.07. The lowest BCUT2D eigenvalue weighted by molar-refractivity contribution is -0.113. The van der Waals surface area contributed by atoms with Crippen molar-refractivity contribution in [2.75, 3.05) is 11.1 Å². The van der Waals surface area contributed by atoms with Crippen molar-refractivity contribution in [3.05, 3.63) is 48.7 Å². The monoisotopic (exact) mass is 358 g/mol. The molecule has 23 heavy (non-hydrogen) atoms. The van der Waals surface area contributed by atoms with E-state index < -0.39 is 26.4 Å². The number of nitrogens with one attached hydrogen (secondary N) is 1. The Labute approximate surface area is 136 Å². The van der Waals surface area contributed by atoms with Crippen LogP contribution in [0.4, 0.5) is 14.5 Å². The van der Waals surface area contributed by atoms with Gasteiger partial charge in [0.1, 0.15) is 0 Å². The van der Waals surface area contributed by atoms with Crippen LogP contribution in [0.5, 0.6) is 0 Å². The molecule has 122 valence electrons. The quantitative estimate of drug-likeness (QED) is 0.804. The summed E-state index contributed by atoms with van der Waals surface area (Å²) in [6.07, 6.45) is 1.57. The Morgan fingerprint density at radius 3 is 2.52 bits per heavy atom. The van der Waals surface area contributed by atoms with Crippen molar-refractivity contribution in [3.63, 3.8) is 0 Å². The molecule has 1 N–H and O–H groups in total. The zero-order valence-electron chi connectivity index (χ0n) is 11.6. The number of hydrogen-bond donors (Lipinski definition) is 1. The summed E-state index contributed by atoms with van der Waals surface area (Å²) in [7, 11) is -4.79. The zero-order chi connectivity index (χ0) is 16.9. The molecule has 2 aromatic rings. The normalized spacial score (nSPS) is 11.4. The lowest BCUT2D eigenvalue weighted by atomic mass is 10.3. The van der Waals surface area contributed by atoms with Gasteiger partial charge in [-0.3, -0.25) is 4.79 Å². The van der Waals surface area contributed by atoms with Crippen LogP contribution in [0.1, 0.15) is 0 Å². The van der Waals surface area contributed by atoms with Crippen LogP contribution in [0, 0.1) is 0 Å². The summed E-state index contributed by atoms with van der Waals surface area (Å²) in [5.41, 5.74) is -0.167. The van der Waals surface area contributed by atoms with Gasteiger partial charge in [0, 0.05) is 6.20 Å². The minimum Gasteiger partial charge on any atom is -0.324 e. The SMILES string of the molecule is O=C(CSc1ccccn1)Nc1ccccc1S(=O)(=O)C(F)F. The summed E-state index contributed by atoms with van der Waals surface area (Å²) in [5, 5.41) is 2.96. The second-order valence-electron chi connectivity index (χ2n) is 4.31. The zero-order valence-corrected chi connectivity index (χ0v) is 13.3. The molecule has 1 aromatic heterocycles. The number of anilines is 1. The van der Waals surface area contributed by atoms with E-state index in [1.54, 1.807) is 24.4 Å². The van der Waals surface area contributed by atoms with Crippen molar-refractivity contribution in [3.8, 4) is 0 Å². The third kappa shape index (κ3) is 4.49. The number of carbonyl (C=O) groups excluding carboxylic acids is 1. The fourth-order valence-electron chi connectivity index (χ4n) is 1.67. The van der Waals surface area contributed by atoms with Gasteiger partial charge in [0.2, 0.25) is 15.7 Å². The summed E-state index contributed by atoms with van der Waals surface area (Å²) in [6, 6.07) is 10.3. The number of halogens is 2. The van der Waals surface area contributed by atoms with E-state index in [-0.39, 0.29) is 11.4 Å². The van der Waals surface area contributed by atoms with Crippen LogP contribution in [-0.2, 0) is 14.6 Å². The summed E-state index contributed by atoms with van der Waals surface area (Å²) < 4.78 is 48.5. The fraction of sp³-hybridized carbons (Fsp3) is 0.143. The van der Waals surface area contributed by atoms with Crippen molar-refractivity contribution < 1.29 is 22.0 Å². The molecule has 1 amide bonds. The molecule has 0 atom stereocenters. The Morgan fingerprint density at radius 2 is 1.87 bits per heavy atom. The van der Waals surface area contributed by atoms with Crippen LogP contribution < -0.4 is 5.32 Å². The second kappa shape index (κ2) is 7.51. The smallest absolute Gasteiger partial charge is 0.324 e. The highest BCUT2D eigenvalue weighted by Crippen LogP contribution is 2.26. The molecule has 0 radical (unpaired) electrons. The Hall–Kier alpha value is -2.00. The lowest BCUT2D eigenvalue weighted by Gasteiger charge is -2.11. The van der Waals surface area contributed by atoms with Gasteiger partial charge in [0.15, 0.2) is 0 Å². The number of para-hydroxylation sites is 1. The predicted molar refractivity (Wildman–Crippen MR) is 83.2 cm³/mol. The average Bonchev–Trinajstić information content (AvgIpc) is 2.54. The highest BCUT2D eigenvalue weighted by Gasteiger charge is 2.29. The highest BCUT2D eigenvalue weighted by atomic mass is 32.2. The van der Waals surface area contributed by atoms with E-state index >= 15 is 0 Å². The number of rotatable bonds is 6. The lowest BCUT2D eigenvalue weighted by Crippen LogP contribution is -2.19. The largest absolute Gasteiger partial charge is 0.341 e. The Balaban J connectivity index is 2.10. The van der Waals surface area contributed by atoms with Crippen LogP contribution in [0.2, 0.25) is 0 Å². The van der Waals surface area contributed by atoms with E-state index in [1.165, 1.54) is 18.2 Å². The first-order chi connectivity index (χ1) is 10.9. The maximum absolute atomic E-state index is 12.7. The molecule has 0 aliphatic rings. The van der Waals surface area contributed by atoms with E-state index in [0.29, 0.717) is 5.03 Å². The molecular weight excluding hydrogens is 346 g/mol. The molecule has 0 aliphatic heterocycles. The minimum absolute atomic E-state index is 0.0277. The molecule has 5 nitrogen and oxygen atoms in total. The predicted octanol–water partition coefficient (Wildman–Crippen LogP) is 2.81. The number of amides is 1. The Bertz CT molecular complexity index is 784. The second-order valence-corrected chi connectivity index (χ2v) is 7.19. The van der Waals surface area contributed by atoms with Gasteiger partial charge in [-0.1, -0.05) is 30.0 Å². The van der Waals surface area contributed by atoms with Crippen LogP contribution in [0.25, 0.3) is 0 Å². The number of thioether (sulfide) groups is 1. The van der Waals surface area contributed by atoms with Crippen LogP contribution in [0.3, 0.4) is 0 Å². The van der Waals surface area contributed by atoms with Gasteiger partial charge in [-0.15, -0.1) is 0 Å². The molecule has 1 aromatic carbocycles. The average molecular weight is 358 g/mol. The number of nitrogens with zero attached hydrogens (tertiary/aromatic N) is 1. The summed E-state index contributed by atoms with van der Waals surface area (Å²) >= 11 is 1.15. The van der Waals surface area contributed by atoms with Gasteiger partial charge in [-0.05, 0) is 24.3 Å². The van der Waals surface area contributed by atoms with Gasteiger partial charge in [0.25, 0.3) is 0 Å². The number of hydrogen-bond acceptors (Lipinski definition) is 5. The maximum atomic E-state index is 12.7. The molecule has 0 aliphatic carbocycles. The topological polar surface area (TPSA) is 76.1 Å². The number of carbonyl (C=O) groups is 1. The molecule has 0 saturated heterocycles. The van der Waals surface area contributed by atoms with Gasteiger partial charge >= 0.3 is 5.76 Å². The number of pyridine rings is 1. The number of sulfone groups is 1. The number of benzene rings is 1. The first kappa shape index (κ1) is 17.4. The molecule has 1 heterocycles. The van der Waals surface area contributed by atoms with E-state index in [2.05, 4.69) is 10.3 Å².